The smallest absolute Gasteiger partial charge is 0.279 e. The Labute approximate surface area is 109 Å². The van der Waals surface area contributed by atoms with Crippen LogP contribution in [0.2, 0.25) is 0 Å². The van der Waals surface area contributed by atoms with Gasteiger partial charge >= 0.3 is 0 Å². The van der Waals surface area contributed by atoms with Crippen molar-refractivity contribution in [2.45, 2.75) is 0 Å². The van der Waals surface area contributed by atoms with Crippen LogP contribution in [-0.4, -0.2) is 66.3 Å². The molecule has 0 unspecified atom stereocenters. The van der Waals surface area contributed by atoms with Crippen molar-refractivity contribution in [3.63, 3.8) is 0 Å². The minimum atomic E-state index is -3.49. The molecule has 0 aromatic rings. The predicted octanol–water partition coefficient (Wildman–Crippen LogP) is -1.20. The van der Waals surface area contributed by atoms with Crippen molar-refractivity contribution in [1.82, 2.24) is 9.03 Å². The zero-order valence-corrected chi connectivity index (χ0v) is 11.8. The van der Waals surface area contributed by atoms with Crippen LogP contribution >= 0.6 is 12.4 Å². The number of nitrogens with one attached hydrogen (secondary N) is 1. The van der Waals surface area contributed by atoms with Crippen LogP contribution in [0.25, 0.3) is 0 Å². The zero-order chi connectivity index (χ0) is 12.4. The molecule has 0 aromatic carbocycles. The van der Waals surface area contributed by atoms with E-state index in [1.165, 1.54) is 18.5 Å². The molecule has 0 saturated carbocycles. The van der Waals surface area contributed by atoms with E-state index in [1.807, 2.05) is 0 Å². The van der Waals surface area contributed by atoms with E-state index in [2.05, 4.69) is 4.72 Å². The van der Waals surface area contributed by atoms with Crippen LogP contribution in [-0.2, 0) is 19.7 Å². The Hall–Kier alpha value is 0.0400. The Kier molecular flexibility index (Phi) is 12.7. The molecule has 0 aliphatic rings. The quantitative estimate of drug-likeness (QED) is 0.527. The first kappa shape index (κ1) is 19.4. The Morgan fingerprint density at radius 1 is 1.18 bits per heavy atom. The fourth-order valence-electron chi connectivity index (χ4n) is 1.02. The second-order valence-corrected chi connectivity index (χ2v) is 4.83. The first-order valence-electron chi connectivity index (χ1n) is 5.01. The Morgan fingerprint density at radius 3 is 2.00 bits per heavy atom. The topological polar surface area (TPSA) is 93.9 Å². The molecule has 0 aliphatic carbocycles. The van der Waals surface area contributed by atoms with E-state index in [4.69, 9.17) is 15.2 Å². The van der Waals surface area contributed by atoms with Crippen molar-refractivity contribution in [2.24, 2.45) is 5.73 Å². The van der Waals surface area contributed by atoms with Crippen LogP contribution in [0.15, 0.2) is 0 Å². The summed E-state index contributed by atoms with van der Waals surface area (Å²) < 4.78 is 36.9. The lowest BCUT2D eigenvalue weighted by Gasteiger charge is -2.21. The largest absolute Gasteiger partial charge is 0.383 e. The van der Waals surface area contributed by atoms with Gasteiger partial charge in [-0.1, -0.05) is 0 Å². The number of rotatable bonds is 10. The van der Waals surface area contributed by atoms with Crippen molar-refractivity contribution in [1.29, 1.82) is 0 Å². The summed E-state index contributed by atoms with van der Waals surface area (Å²) in [5, 5.41) is 0. The van der Waals surface area contributed by atoms with E-state index in [0.29, 0.717) is 26.3 Å². The summed E-state index contributed by atoms with van der Waals surface area (Å²) in [6, 6.07) is 0. The zero-order valence-electron chi connectivity index (χ0n) is 10.2. The van der Waals surface area contributed by atoms with Crippen LogP contribution in [0.4, 0.5) is 0 Å². The van der Waals surface area contributed by atoms with Crippen LogP contribution in [0.1, 0.15) is 0 Å². The molecule has 7 nitrogen and oxygen atoms in total. The summed E-state index contributed by atoms with van der Waals surface area (Å²) in [4.78, 5) is 0. The highest BCUT2D eigenvalue weighted by atomic mass is 35.5. The van der Waals surface area contributed by atoms with Gasteiger partial charge in [0.15, 0.2) is 0 Å². The average Bonchev–Trinajstić information content (AvgIpc) is 2.26. The predicted molar refractivity (Wildman–Crippen MR) is 68.5 cm³/mol. The number of methoxy groups -OCH3 is 2. The Bertz CT molecular complexity index is 255. The lowest BCUT2D eigenvalue weighted by Crippen LogP contribution is -2.45. The van der Waals surface area contributed by atoms with E-state index < -0.39 is 10.2 Å². The molecule has 106 valence electrons. The van der Waals surface area contributed by atoms with Crippen molar-refractivity contribution >= 4 is 22.6 Å². The third-order valence-electron chi connectivity index (χ3n) is 1.86. The molecule has 0 amide bonds. The summed E-state index contributed by atoms with van der Waals surface area (Å²) in [6.45, 7) is 1.75. The van der Waals surface area contributed by atoms with E-state index in [9.17, 15) is 8.42 Å². The minimum absolute atomic E-state index is 0. The highest BCUT2D eigenvalue weighted by Crippen LogP contribution is 1.97. The minimum Gasteiger partial charge on any atom is -0.383 e. The van der Waals surface area contributed by atoms with E-state index in [1.54, 1.807) is 0 Å². The average molecular weight is 292 g/mol. The summed E-state index contributed by atoms with van der Waals surface area (Å²) in [6.07, 6.45) is 0. The molecule has 0 saturated heterocycles. The van der Waals surface area contributed by atoms with E-state index in [0.717, 1.165) is 0 Å². The van der Waals surface area contributed by atoms with Gasteiger partial charge in [0.1, 0.15) is 0 Å². The van der Waals surface area contributed by atoms with E-state index in [-0.39, 0.29) is 25.5 Å². The first-order chi connectivity index (χ1) is 7.58. The van der Waals surface area contributed by atoms with Gasteiger partial charge in [-0.2, -0.15) is 12.7 Å². The molecule has 0 aliphatic heterocycles. The summed E-state index contributed by atoms with van der Waals surface area (Å²) in [5.41, 5.74) is 5.24. The second-order valence-electron chi connectivity index (χ2n) is 3.07. The van der Waals surface area contributed by atoms with E-state index >= 15 is 0 Å². The second kappa shape index (κ2) is 11.1. The molecule has 9 heteroatoms. The van der Waals surface area contributed by atoms with Gasteiger partial charge in [-0.3, -0.25) is 0 Å². The fourth-order valence-corrected chi connectivity index (χ4v) is 2.21. The van der Waals surface area contributed by atoms with Gasteiger partial charge in [-0.15, -0.1) is 12.4 Å². The molecule has 0 aromatic heterocycles. The third kappa shape index (κ3) is 8.72. The monoisotopic (exact) mass is 291 g/mol. The molecule has 0 heterocycles. The van der Waals surface area contributed by atoms with Gasteiger partial charge < -0.3 is 15.2 Å². The van der Waals surface area contributed by atoms with Crippen LogP contribution in [0.3, 0.4) is 0 Å². The molecular formula is C8H22ClN3O4S. The van der Waals surface area contributed by atoms with Crippen molar-refractivity contribution in [2.75, 3.05) is 53.6 Å². The molecule has 17 heavy (non-hydrogen) atoms. The van der Waals surface area contributed by atoms with Gasteiger partial charge in [0, 0.05) is 40.4 Å². The van der Waals surface area contributed by atoms with Crippen LogP contribution in [0, 0.1) is 0 Å². The van der Waals surface area contributed by atoms with Crippen molar-refractivity contribution in [3.05, 3.63) is 0 Å². The van der Waals surface area contributed by atoms with Gasteiger partial charge in [-0.25, -0.2) is 4.72 Å². The standard InChI is InChI=1S/C8H21N3O4S.ClH/c1-14-7-5-11(6-8-15-2)16(12,13)10-4-3-9;/h10H,3-9H2,1-2H3;1H. The number of nitrogens with two attached hydrogens (primary N) is 1. The molecule has 3 N–H and O–H groups in total. The van der Waals surface area contributed by atoms with Gasteiger partial charge in [0.25, 0.3) is 10.2 Å². The number of hydrogen-bond donors (Lipinski definition) is 2. The first-order valence-corrected chi connectivity index (χ1v) is 6.45. The summed E-state index contributed by atoms with van der Waals surface area (Å²) >= 11 is 0. The molecular weight excluding hydrogens is 270 g/mol. The molecule has 0 rings (SSSR count). The number of halogens is 1. The van der Waals surface area contributed by atoms with Gasteiger partial charge in [0.2, 0.25) is 0 Å². The number of ether oxygens (including phenoxy) is 2. The van der Waals surface area contributed by atoms with Crippen molar-refractivity contribution in [3.8, 4) is 0 Å². The highest BCUT2D eigenvalue weighted by molar-refractivity contribution is 7.87. The van der Waals surface area contributed by atoms with Crippen LogP contribution in [0.5, 0.6) is 0 Å². The van der Waals surface area contributed by atoms with Crippen LogP contribution < -0.4 is 10.5 Å². The molecule has 0 fully saturated rings. The maximum atomic E-state index is 11.7. The molecule has 0 spiro atoms. The van der Waals surface area contributed by atoms with Gasteiger partial charge in [0.05, 0.1) is 13.2 Å². The Balaban J connectivity index is 0. The maximum Gasteiger partial charge on any atom is 0.279 e. The molecule has 0 radical (unpaired) electrons. The fraction of sp³-hybridized carbons (Fsp3) is 1.00. The number of nitrogens with zero attached hydrogens (tertiary/aromatic N) is 1. The normalized spacial score (nSPS) is 11.5. The van der Waals surface area contributed by atoms with Crippen molar-refractivity contribution < 1.29 is 17.9 Å². The lowest BCUT2D eigenvalue weighted by atomic mass is 10.6. The number of hydrogen-bond acceptors (Lipinski definition) is 5. The SMILES string of the molecule is COCCN(CCOC)S(=O)(=O)NCCN.Cl. The molecule has 0 bridgehead atoms. The van der Waals surface area contributed by atoms with Gasteiger partial charge in [-0.05, 0) is 0 Å². The maximum absolute atomic E-state index is 11.7. The molecule has 0 atom stereocenters. The Morgan fingerprint density at radius 2 is 1.65 bits per heavy atom. The highest BCUT2D eigenvalue weighted by Gasteiger charge is 2.20. The summed E-state index contributed by atoms with van der Waals surface area (Å²) in [5.74, 6) is 0. The third-order valence-corrected chi connectivity index (χ3v) is 3.47. The lowest BCUT2D eigenvalue weighted by molar-refractivity contribution is 0.150. The summed E-state index contributed by atoms with van der Waals surface area (Å²) in [7, 11) is -0.441.